The first-order valence-electron chi connectivity index (χ1n) is 5.27. The SMILES string of the molecule is O=C1NC(C(=O)Nc2ccc(C(F)(F)F)cc2)CO1. The number of ether oxygens (including phenoxy) is 1. The predicted octanol–water partition coefficient (Wildman–Crippen LogP) is 1.75. The van der Waals surface area contributed by atoms with E-state index in [0.717, 1.165) is 24.3 Å². The summed E-state index contributed by atoms with van der Waals surface area (Å²) in [6, 6.07) is 3.16. The van der Waals surface area contributed by atoms with Crippen LogP contribution in [0.1, 0.15) is 5.56 Å². The van der Waals surface area contributed by atoms with Crippen LogP contribution < -0.4 is 10.6 Å². The number of carbonyl (C=O) groups excluding carboxylic acids is 2. The molecule has 1 unspecified atom stereocenters. The summed E-state index contributed by atoms with van der Waals surface area (Å²) < 4.78 is 41.5. The summed E-state index contributed by atoms with van der Waals surface area (Å²) in [6.07, 6.45) is -5.12. The molecule has 0 bridgehead atoms. The van der Waals surface area contributed by atoms with Gasteiger partial charge in [0.05, 0.1) is 5.56 Å². The molecule has 0 aromatic heterocycles. The van der Waals surface area contributed by atoms with Crippen molar-refractivity contribution >= 4 is 17.7 Å². The first-order chi connectivity index (χ1) is 8.86. The standard InChI is InChI=1S/C11H9F3N2O3/c12-11(13,14)6-1-3-7(4-2-6)15-9(17)8-5-19-10(18)16-8/h1-4,8H,5H2,(H,15,17)(H,16,18). The van der Waals surface area contributed by atoms with Gasteiger partial charge in [0, 0.05) is 5.69 Å². The third kappa shape index (κ3) is 3.15. The number of cyclic esters (lactones) is 1. The van der Waals surface area contributed by atoms with E-state index in [0.29, 0.717) is 0 Å². The maximum Gasteiger partial charge on any atom is 0.416 e. The number of hydrogen-bond acceptors (Lipinski definition) is 3. The Morgan fingerprint density at radius 1 is 1.32 bits per heavy atom. The molecule has 1 aromatic rings. The van der Waals surface area contributed by atoms with Crippen LogP contribution in [0.2, 0.25) is 0 Å². The van der Waals surface area contributed by atoms with Gasteiger partial charge < -0.3 is 15.4 Å². The van der Waals surface area contributed by atoms with Gasteiger partial charge in [-0.25, -0.2) is 4.79 Å². The fourth-order valence-electron chi connectivity index (χ4n) is 1.50. The normalized spacial score (nSPS) is 18.7. The molecule has 1 heterocycles. The molecule has 1 saturated heterocycles. The van der Waals surface area contributed by atoms with Gasteiger partial charge in [-0.1, -0.05) is 0 Å². The zero-order valence-corrected chi connectivity index (χ0v) is 9.45. The number of alkyl halides is 3. The van der Waals surface area contributed by atoms with Gasteiger partial charge in [-0.15, -0.1) is 0 Å². The largest absolute Gasteiger partial charge is 0.447 e. The highest BCUT2D eigenvalue weighted by Crippen LogP contribution is 2.29. The van der Waals surface area contributed by atoms with Crippen LogP contribution in [0.3, 0.4) is 0 Å². The predicted molar refractivity (Wildman–Crippen MR) is 58.3 cm³/mol. The third-order valence-electron chi connectivity index (χ3n) is 2.47. The van der Waals surface area contributed by atoms with E-state index in [9.17, 15) is 22.8 Å². The Bertz CT molecular complexity index is 499. The van der Waals surface area contributed by atoms with Crippen molar-refractivity contribution in [2.45, 2.75) is 12.2 Å². The lowest BCUT2D eigenvalue weighted by Crippen LogP contribution is -2.38. The Morgan fingerprint density at radius 2 is 1.95 bits per heavy atom. The van der Waals surface area contributed by atoms with Crippen molar-refractivity contribution in [1.82, 2.24) is 5.32 Å². The second-order valence-corrected chi connectivity index (χ2v) is 3.86. The van der Waals surface area contributed by atoms with Crippen molar-refractivity contribution in [1.29, 1.82) is 0 Å². The molecule has 2 rings (SSSR count). The van der Waals surface area contributed by atoms with E-state index in [4.69, 9.17) is 0 Å². The Kier molecular flexibility index (Phi) is 3.32. The molecule has 1 aliphatic rings. The monoisotopic (exact) mass is 274 g/mol. The van der Waals surface area contributed by atoms with Crippen LogP contribution in [-0.4, -0.2) is 24.6 Å². The van der Waals surface area contributed by atoms with Gasteiger partial charge in [0.25, 0.3) is 5.91 Å². The molecule has 1 fully saturated rings. The van der Waals surface area contributed by atoms with E-state index in [1.807, 2.05) is 0 Å². The molecule has 0 aliphatic carbocycles. The smallest absolute Gasteiger partial charge is 0.416 e. The minimum Gasteiger partial charge on any atom is -0.447 e. The molecule has 102 valence electrons. The maximum absolute atomic E-state index is 12.3. The number of alkyl carbamates (subject to hydrolysis) is 1. The van der Waals surface area contributed by atoms with Crippen LogP contribution >= 0.6 is 0 Å². The molecule has 5 nitrogen and oxygen atoms in total. The number of nitrogens with one attached hydrogen (secondary N) is 2. The summed E-state index contributed by atoms with van der Waals surface area (Å²) in [6.45, 7) is -0.106. The van der Waals surface area contributed by atoms with Gasteiger partial charge in [0.2, 0.25) is 0 Å². The quantitative estimate of drug-likeness (QED) is 0.863. The summed E-state index contributed by atoms with van der Waals surface area (Å²) in [5, 5.41) is 4.64. The van der Waals surface area contributed by atoms with Crippen molar-refractivity contribution in [3.05, 3.63) is 29.8 Å². The van der Waals surface area contributed by atoms with Gasteiger partial charge in [0.1, 0.15) is 12.6 Å². The highest BCUT2D eigenvalue weighted by molar-refractivity contribution is 5.97. The van der Waals surface area contributed by atoms with E-state index >= 15 is 0 Å². The van der Waals surface area contributed by atoms with E-state index in [1.54, 1.807) is 0 Å². The molecule has 0 saturated carbocycles. The molecule has 8 heteroatoms. The lowest BCUT2D eigenvalue weighted by Gasteiger charge is -2.10. The van der Waals surface area contributed by atoms with E-state index < -0.39 is 29.8 Å². The van der Waals surface area contributed by atoms with E-state index in [2.05, 4.69) is 15.4 Å². The number of amides is 2. The van der Waals surface area contributed by atoms with Gasteiger partial charge in [-0.3, -0.25) is 4.79 Å². The molecule has 1 aliphatic heterocycles. The first-order valence-corrected chi connectivity index (χ1v) is 5.27. The fourth-order valence-corrected chi connectivity index (χ4v) is 1.50. The van der Waals surface area contributed by atoms with Gasteiger partial charge in [0.15, 0.2) is 0 Å². The lowest BCUT2D eigenvalue weighted by atomic mass is 10.2. The second-order valence-electron chi connectivity index (χ2n) is 3.86. The average Bonchev–Trinajstić information content (AvgIpc) is 2.75. The summed E-state index contributed by atoms with van der Waals surface area (Å²) >= 11 is 0. The summed E-state index contributed by atoms with van der Waals surface area (Å²) in [7, 11) is 0. The molecule has 2 amide bonds. The van der Waals surface area contributed by atoms with Gasteiger partial charge in [-0.2, -0.15) is 13.2 Å². The van der Waals surface area contributed by atoms with Gasteiger partial charge in [-0.05, 0) is 24.3 Å². The van der Waals surface area contributed by atoms with Crippen LogP contribution in [0.5, 0.6) is 0 Å². The van der Waals surface area contributed by atoms with Gasteiger partial charge >= 0.3 is 12.3 Å². The number of anilines is 1. The van der Waals surface area contributed by atoms with Crippen molar-refractivity contribution in [2.75, 3.05) is 11.9 Å². The van der Waals surface area contributed by atoms with E-state index in [1.165, 1.54) is 0 Å². The third-order valence-corrected chi connectivity index (χ3v) is 2.47. The molecule has 0 radical (unpaired) electrons. The molecule has 2 N–H and O–H groups in total. The number of carbonyl (C=O) groups is 2. The van der Waals surface area contributed by atoms with Crippen molar-refractivity contribution < 1.29 is 27.5 Å². The summed E-state index contributed by atoms with van der Waals surface area (Å²) in [4.78, 5) is 22.3. The van der Waals surface area contributed by atoms with Crippen LogP contribution in [0.4, 0.5) is 23.7 Å². The molecule has 19 heavy (non-hydrogen) atoms. The lowest BCUT2D eigenvalue weighted by molar-refractivity contribution is -0.137. The fraction of sp³-hybridized carbons (Fsp3) is 0.273. The topological polar surface area (TPSA) is 67.4 Å². The molecular formula is C11H9F3N2O3. The second kappa shape index (κ2) is 4.79. The molecular weight excluding hydrogens is 265 g/mol. The first kappa shape index (κ1) is 13.2. The average molecular weight is 274 g/mol. The van der Waals surface area contributed by atoms with Crippen molar-refractivity contribution in [3.8, 4) is 0 Å². The minimum absolute atomic E-state index is 0.106. The molecule has 1 aromatic carbocycles. The Labute approximate surface area is 105 Å². The van der Waals surface area contributed by atoms with Crippen LogP contribution in [-0.2, 0) is 15.7 Å². The van der Waals surface area contributed by atoms with Crippen LogP contribution in [0, 0.1) is 0 Å². The summed E-state index contributed by atoms with van der Waals surface area (Å²) in [5.41, 5.74) is -0.595. The number of halogens is 3. The molecule has 0 spiro atoms. The Hall–Kier alpha value is -2.25. The number of rotatable bonds is 2. The highest BCUT2D eigenvalue weighted by atomic mass is 19.4. The van der Waals surface area contributed by atoms with Crippen molar-refractivity contribution in [2.24, 2.45) is 0 Å². The zero-order chi connectivity index (χ0) is 14.0. The zero-order valence-electron chi connectivity index (χ0n) is 9.45. The number of benzene rings is 1. The van der Waals surface area contributed by atoms with Crippen molar-refractivity contribution in [3.63, 3.8) is 0 Å². The summed E-state index contributed by atoms with van der Waals surface area (Å²) in [5.74, 6) is -0.550. The maximum atomic E-state index is 12.3. The van der Waals surface area contributed by atoms with Crippen LogP contribution in [0.15, 0.2) is 24.3 Å². The Morgan fingerprint density at radius 3 is 2.42 bits per heavy atom. The highest BCUT2D eigenvalue weighted by Gasteiger charge is 2.31. The number of hydrogen-bond donors (Lipinski definition) is 2. The minimum atomic E-state index is -4.42. The van der Waals surface area contributed by atoms with E-state index in [-0.39, 0.29) is 12.3 Å². The van der Waals surface area contributed by atoms with Crippen LogP contribution in [0.25, 0.3) is 0 Å². The molecule has 1 atom stereocenters. The Balaban J connectivity index is 2.00.